The van der Waals surface area contributed by atoms with Gasteiger partial charge >= 0.3 is 6.09 Å². The Hall–Kier alpha value is -4.27. The van der Waals surface area contributed by atoms with Crippen molar-refractivity contribution in [3.63, 3.8) is 0 Å². The minimum absolute atomic E-state index is 0.0830. The molecule has 0 unspecified atom stereocenters. The molecule has 0 saturated carbocycles. The number of piperidine rings is 1. The molecule has 8 nitrogen and oxygen atoms in total. The number of fused-ring (bicyclic) bond motifs is 1. The Kier molecular flexibility index (Phi) is 7.09. The Balaban J connectivity index is 1.39. The first-order chi connectivity index (χ1) is 18.2. The quantitative estimate of drug-likeness (QED) is 0.331. The van der Waals surface area contributed by atoms with Crippen molar-refractivity contribution in [1.29, 1.82) is 0 Å². The summed E-state index contributed by atoms with van der Waals surface area (Å²) in [4.78, 5) is 27.8. The summed E-state index contributed by atoms with van der Waals surface area (Å²) in [7, 11) is 0. The average molecular weight is 516 g/mol. The molecule has 2 aromatic carbocycles. The van der Waals surface area contributed by atoms with E-state index in [4.69, 9.17) is 9.47 Å². The average Bonchev–Trinajstić information content (AvgIpc) is 2.88. The molecule has 5 rings (SSSR count). The second kappa shape index (κ2) is 10.6. The predicted molar refractivity (Wildman–Crippen MR) is 144 cm³/mol. The van der Waals surface area contributed by atoms with E-state index in [9.17, 15) is 9.18 Å². The van der Waals surface area contributed by atoms with Crippen LogP contribution in [0.15, 0.2) is 67.0 Å². The zero-order valence-electron chi connectivity index (χ0n) is 21.6. The third-order valence-corrected chi connectivity index (χ3v) is 6.09. The second-order valence-corrected chi connectivity index (χ2v) is 10.2. The Morgan fingerprint density at radius 3 is 2.58 bits per heavy atom. The predicted octanol–water partition coefficient (Wildman–Crippen LogP) is 6.35. The molecule has 1 saturated heterocycles. The molecule has 2 aromatic heterocycles. The van der Waals surface area contributed by atoms with E-state index in [-0.39, 0.29) is 18.0 Å². The van der Waals surface area contributed by atoms with Crippen LogP contribution in [-0.2, 0) is 4.74 Å². The fourth-order valence-electron chi connectivity index (χ4n) is 4.30. The van der Waals surface area contributed by atoms with Gasteiger partial charge in [0.05, 0.1) is 11.2 Å². The maximum absolute atomic E-state index is 13.6. The molecule has 3 heterocycles. The molecular weight excluding hydrogens is 485 g/mol. The number of pyridine rings is 1. The summed E-state index contributed by atoms with van der Waals surface area (Å²) < 4.78 is 25.6. The molecule has 1 aliphatic rings. The molecule has 1 aliphatic heterocycles. The van der Waals surface area contributed by atoms with Crippen molar-refractivity contribution in [3.05, 3.63) is 72.8 Å². The van der Waals surface area contributed by atoms with Crippen molar-refractivity contribution >= 4 is 28.6 Å². The minimum atomic E-state index is -0.530. The van der Waals surface area contributed by atoms with Crippen molar-refractivity contribution in [1.82, 2.24) is 19.9 Å². The molecule has 0 bridgehead atoms. The largest absolute Gasteiger partial charge is 0.490 e. The molecule has 196 valence electrons. The van der Waals surface area contributed by atoms with Crippen LogP contribution < -0.4 is 10.1 Å². The van der Waals surface area contributed by atoms with Gasteiger partial charge in [-0.05, 0) is 57.2 Å². The van der Waals surface area contributed by atoms with E-state index < -0.39 is 5.60 Å². The van der Waals surface area contributed by atoms with Crippen LogP contribution in [0.25, 0.3) is 22.2 Å². The number of benzene rings is 2. The van der Waals surface area contributed by atoms with E-state index in [1.54, 1.807) is 29.4 Å². The van der Waals surface area contributed by atoms with Gasteiger partial charge in [-0.1, -0.05) is 12.1 Å². The van der Waals surface area contributed by atoms with Gasteiger partial charge in [0.15, 0.2) is 0 Å². The topological polar surface area (TPSA) is 89.5 Å². The fourth-order valence-corrected chi connectivity index (χ4v) is 4.30. The van der Waals surface area contributed by atoms with Crippen LogP contribution in [0.4, 0.5) is 20.8 Å². The van der Waals surface area contributed by atoms with Crippen molar-refractivity contribution in [2.24, 2.45) is 0 Å². The molecule has 0 radical (unpaired) electrons. The minimum Gasteiger partial charge on any atom is -0.490 e. The number of aromatic nitrogens is 3. The highest BCUT2D eigenvalue weighted by Crippen LogP contribution is 2.35. The van der Waals surface area contributed by atoms with Crippen molar-refractivity contribution in [3.8, 4) is 17.0 Å². The van der Waals surface area contributed by atoms with Gasteiger partial charge in [-0.3, -0.25) is 4.98 Å². The highest BCUT2D eigenvalue weighted by molar-refractivity contribution is 5.87. The summed E-state index contributed by atoms with van der Waals surface area (Å²) in [5, 5.41) is 3.87. The maximum atomic E-state index is 13.6. The SMILES string of the molecule is CC(C)(C)OC(=O)N1CCC(Oc2cc3nc(Nc4cccc(F)c4)ncc3cc2-c2ccccn2)CC1. The van der Waals surface area contributed by atoms with Gasteiger partial charge in [0.1, 0.15) is 23.3 Å². The molecule has 9 heteroatoms. The molecule has 1 fully saturated rings. The van der Waals surface area contributed by atoms with Crippen LogP contribution in [-0.4, -0.2) is 50.7 Å². The van der Waals surface area contributed by atoms with Gasteiger partial charge < -0.3 is 19.7 Å². The van der Waals surface area contributed by atoms with E-state index in [0.29, 0.717) is 48.8 Å². The number of anilines is 2. The molecule has 1 N–H and O–H groups in total. The van der Waals surface area contributed by atoms with Gasteiger partial charge in [0.2, 0.25) is 5.95 Å². The standard InChI is InChI=1S/C29H30FN5O3/c1-29(2,3)38-28(36)35-13-10-22(11-14-35)37-26-17-25-19(15-23(26)24-9-4-5-12-31-24)18-32-27(34-25)33-21-8-6-7-20(30)16-21/h4-9,12,15-18,22H,10-11,13-14H2,1-3H3,(H,32,33,34). The summed E-state index contributed by atoms with van der Waals surface area (Å²) >= 11 is 0. The Labute approximate surface area is 220 Å². The Bertz CT molecular complexity index is 1430. The zero-order valence-corrected chi connectivity index (χ0v) is 21.6. The number of rotatable bonds is 5. The van der Waals surface area contributed by atoms with E-state index in [1.807, 2.05) is 51.1 Å². The third-order valence-electron chi connectivity index (χ3n) is 6.09. The number of carbonyl (C=O) groups is 1. The fraction of sp³-hybridized carbons (Fsp3) is 0.310. The number of amides is 1. The summed E-state index contributed by atoms with van der Waals surface area (Å²) in [6, 6.07) is 15.7. The van der Waals surface area contributed by atoms with E-state index in [2.05, 4.69) is 20.3 Å². The lowest BCUT2D eigenvalue weighted by atomic mass is 10.1. The highest BCUT2D eigenvalue weighted by atomic mass is 19.1. The Morgan fingerprint density at radius 1 is 1.05 bits per heavy atom. The van der Waals surface area contributed by atoms with Crippen LogP contribution in [0, 0.1) is 5.82 Å². The van der Waals surface area contributed by atoms with Gasteiger partial charge in [-0.15, -0.1) is 0 Å². The van der Waals surface area contributed by atoms with Crippen molar-refractivity contribution in [2.75, 3.05) is 18.4 Å². The zero-order chi connectivity index (χ0) is 26.7. The molecule has 0 atom stereocenters. The van der Waals surface area contributed by atoms with Crippen LogP contribution in [0.1, 0.15) is 33.6 Å². The number of carbonyl (C=O) groups excluding carboxylic acids is 1. The molecule has 0 spiro atoms. The monoisotopic (exact) mass is 515 g/mol. The van der Waals surface area contributed by atoms with Gasteiger partial charge in [-0.2, -0.15) is 0 Å². The van der Waals surface area contributed by atoms with Crippen LogP contribution >= 0.6 is 0 Å². The number of hydrogen-bond donors (Lipinski definition) is 1. The van der Waals surface area contributed by atoms with E-state index in [0.717, 1.165) is 16.6 Å². The molecule has 1 amide bonds. The highest BCUT2D eigenvalue weighted by Gasteiger charge is 2.28. The normalized spacial score (nSPS) is 14.4. The van der Waals surface area contributed by atoms with Crippen LogP contribution in [0.2, 0.25) is 0 Å². The summed E-state index contributed by atoms with van der Waals surface area (Å²) in [5.74, 6) is 0.664. The molecule has 4 aromatic rings. The van der Waals surface area contributed by atoms with E-state index in [1.165, 1.54) is 12.1 Å². The lowest BCUT2D eigenvalue weighted by Crippen LogP contribution is -2.44. The summed E-state index contributed by atoms with van der Waals surface area (Å²) in [5.41, 5.74) is 2.32. The number of nitrogens with zero attached hydrogens (tertiary/aromatic N) is 4. The lowest BCUT2D eigenvalue weighted by molar-refractivity contribution is 0.0127. The smallest absolute Gasteiger partial charge is 0.410 e. The number of nitrogens with one attached hydrogen (secondary N) is 1. The first kappa shape index (κ1) is 25.4. The molecular formula is C29H30FN5O3. The summed E-state index contributed by atoms with van der Waals surface area (Å²) in [6.45, 7) is 6.69. The van der Waals surface area contributed by atoms with Crippen LogP contribution in [0.3, 0.4) is 0 Å². The Morgan fingerprint density at radius 2 is 1.87 bits per heavy atom. The van der Waals surface area contributed by atoms with E-state index >= 15 is 0 Å². The lowest BCUT2D eigenvalue weighted by Gasteiger charge is -2.33. The maximum Gasteiger partial charge on any atom is 0.410 e. The molecule has 38 heavy (non-hydrogen) atoms. The van der Waals surface area contributed by atoms with Crippen LogP contribution in [0.5, 0.6) is 5.75 Å². The van der Waals surface area contributed by atoms with Crippen molar-refractivity contribution in [2.45, 2.75) is 45.3 Å². The van der Waals surface area contributed by atoms with Gasteiger partial charge in [0, 0.05) is 61.0 Å². The number of hydrogen-bond acceptors (Lipinski definition) is 7. The molecule has 0 aliphatic carbocycles. The van der Waals surface area contributed by atoms with Crippen molar-refractivity contribution < 1.29 is 18.7 Å². The third kappa shape index (κ3) is 6.16. The first-order valence-corrected chi connectivity index (χ1v) is 12.6. The summed E-state index contributed by atoms with van der Waals surface area (Å²) in [6.07, 6.45) is 4.43. The second-order valence-electron chi connectivity index (χ2n) is 10.2. The first-order valence-electron chi connectivity index (χ1n) is 12.6. The van der Waals surface area contributed by atoms with Gasteiger partial charge in [0.25, 0.3) is 0 Å². The number of likely N-dealkylation sites (tertiary alicyclic amines) is 1. The van der Waals surface area contributed by atoms with Gasteiger partial charge in [-0.25, -0.2) is 19.2 Å². The number of halogens is 1. The number of ether oxygens (including phenoxy) is 2.